The molecule has 0 fully saturated rings. The lowest BCUT2D eigenvalue weighted by Gasteiger charge is -2.01. The lowest BCUT2D eigenvalue weighted by atomic mass is 10.2. The van der Waals surface area contributed by atoms with Gasteiger partial charge in [0.2, 0.25) is 5.91 Å². The number of unbranched alkanes of at least 4 members (excludes halogenated alkanes) is 3. The summed E-state index contributed by atoms with van der Waals surface area (Å²) >= 11 is 0. The van der Waals surface area contributed by atoms with Crippen LogP contribution in [0.25, 0.3) is 0 Å². The van der Waals surface area contributed by atoms with Gasteiger partial charge in [-0.3, -0.25) is 4.79 Å². The summed E-state index contributed by atoms with van der Waals surface area (Å²) in [5, 5.41) is 2.67. The Balaban J connectivity index is 3.08. The fraction of sp³-hybridized carbons (Fsp3) is 0.778. The van der Waals surface area contributed by atoms with Crippen molar-refractivity contribution in [2.45, 2.75) is 39.0 Å². The van der Waals surface area contributed by atoms with E-state index in [-0.39, 0.29) is 12.3 Å². The number of aldehydes is 1. The van der Waals surface area contributed by atoms with E-state index in [1.165, 1.54) is 12.8 Å². The van der Waals surface area contributed by atoms with E-state index < -0.39 is 0 Å². The molecule has 0 aliphatic carbocycles. The average Bonchev–Trinajstić information content (AvgIpc) is 2.05. The summed E-state index contributed by atoms with van der Waals surface area (Å²) in [7, 11) is 0. The molecule has 0 spiro atoms. The van der Waals surface area contributed by atoms with E-state index in [4.69, 9.17) is 0 Å². The molecule has 0 aromatic carbocycles. The molecule has 0 heterocycles. The minimum absolute atomic E-state index is 0.00617. The van der Waals surface area contributed by atoms with Gasteiger partial charge in [-0.15, -0.1) is 0 Å². The third-order valence-corrected chi connectivity index (χ3v) is 1.62. The fourth-order valence-corrected chi connectivity index (χ4v) is 0.927. The first-order chi connectivity index (χ1) is 5.81. The van der Waals surface area contributed by atoms with Crippen LogP contribution in [0.3, 0.4) is 0 Å². The zero-order valence-corrected chi connectivity index (χ0v) is 7.64. The Bertz CT molecular complexity index is 134. The highest BCUT2D eigenvalue weighted by molar-refractivity contribution is 5.87. The van der Waals surface area contributed by atoms with E-state index in [9.17, 15) is 9.59 Å². The highest BCUT2D eigenvalue weighted by atomic mass is 16.2. The van der Waals surface area contributed by atoms with Gasteiger partial charge in [0.25, 0.3) is 0 Å². The molecule has 0 saturated heterocycles. The number of hydrogen-bond acceptors (Lipinski definition) is 2. The Morgan fingerprint density at radius 3 is 2.67 bits per heavy atom. The minimum Gasteiger partial charge on any atom is -0.356 e. The Hall–Kier alpha value is -0.860. The third kappa shape index (κ3) is 7.25. The molecular weight excluding hydrogens is 154 g/mol. The van der Waals surface area contributed by atoms with Gasteiger partial charge in [0.1, 0.15) is 6.29 Å². The Morgan fingerprint density at radius 2 is 2.08 bits per heavy atom. The van der Waals surface area contributed by atoms with Crippen molar-refractivity contribution in [2.24, 2.45) is 0 Å². The SMILES string of the molecule is CCCCCCNC(=O)CC=O. The van der Waals surface area contributed by atoms with Gasteiger partial charge in [-0.1, -0.05) is 26.2 Å². The van der Waals surface area contributed by atoms with Crippen LogP contribution < -0.4 is 5.32 Å². The van der Waals surface area contributed by atoms with Gasteiger partial charge in [-0.2, -0.15) is 0 Å². The predicted molar refractivity (Wildman–Crippen MR) is 47.8 cm³/mol. The molecule has 0 aliphatic rings. The quantitative estimate of drug-likeness (QED) is 0.356. The third-order valence-electron chi connectivity index (χ3n) is 1.62. The molecule has 0 radical (unpaired) electrons. The number of carbonyl (C=O) groups is 2. The van der Waals surface area contributed by atoms with Gasteiger partial charge < -0.3 is 10.1 Å². The monoisotopic (exact) mass is 171 g/mol. The van der Waals surface area contributed by atoms with Crippen molar-refractivity contribution >= 4 is 12.2 Å². The van der Waals surface area contributed by atoms with Crippen molar-refractivity contribution in [2.75, 3.05) is 6.54 Å². The summed E-state index contributed by atoms with van der Waals surface area (Å²) in [6.45, 7) is 2.84. The summed E-state index contributed by atoms with van der Waals surface area (Å²) in [6, 6.07) is 0. The zero-order valence-electron chi connectivity index (χ0n) is 7.64. The van der Waals surface area contributed by atoms with E-state index in [1.54, 1.807) is 0 Å². The fourth-order valence-electron chi connectivity index (χ4n) is 0.927. The molecule has 1 amide bonds. The second-order valence-corrected chi connectivity index (χ2v) is 2.78. The topological polar surface area (TPSA) is 46.2 Å². The molecule has 3 nitrogen and oxygen atoms in total. The number of amides is 1. The molecule has 0 aromatic heterocycles. The van der Waals surface area contributed by atoms with Crippen LogP contribution in [0.2, 0.25) is 0 Å². The molecule has 0 atom stereocenters. The molecule has 0 aromatic rings. The zero-order chi connectivity index (χ0) is 9.23. The highest BCUT2D eigenvalue weighted by Gasteiger charge is 1.96. The largest absolute Gasteiger partial charge is 0.356 e. The van der Waals surface area contributed by atoms with E-state index in [0.29, 0.717) is 12.8 Å². The molecule has 0 saturated carbocycles. The maximum atomic E-state index is 10.7. The summed E-state index contributed by atoms with van der Waals surface area (Å²) in [6.07, 6.45) is 5.19. The van der Waals surface area contributed by atoms with E-state index in [0.717, 1.165) is 12.8 Å². The van der Waals surface area contributed by atoms with Crippen LogP contribution in [0.15, 0.2) is 0 Å². The molecule has 0 unspecified atom stereocenters. The van der Waals surface area contributed by atoms with Crippen LogP contribution in [-0.2, 0) is 9.59 Å². The van der Waals surface area contributed by atoms with Gasteiger partial charge in [0, 0.05) is 6.54 Å². The van der Waals surface area contributed by atoms with Crippen LogP contribution in [0.4, 0.5) is 0 Å². The van der Waals surface area contributed by atoms with Crippen molar-refractivity contribution in [3.05, 3.63) is 0 Å². The van der Waals surface area contributed by atoms with Crippen molar-refractivity contribution in [3.8, 4) is 0 Å². The van der Waals surface area contributed by atoms with Gasteiger partial charge in [-0.05, 0) is 6.42 Å². The number of hydrogen-bond donors (Lipinski definition) is 1. The molecular formula is C9H17NO2. The molecule has 0 aliphatic heterocycles. The molecule has 0 rings (SSSR count). The average molecular weight is 171 g/mol. The smallest absolute Gasteiger partial charge is 0.227 e. The van der Waals surface area contributed by atoms with Crippen molar-refractivity contribution in [1.29, 1.82) is 0 Å². The molecule has 3 heteroatoms. The maximum absolute atomic E-state index is 10.7. The first kappa shape index (κ1) is 11.1. The first-order valence-electron chi connectivity index (χ1n) is 4.51. The van der Waals surface area contributed by atoms with Crippen LogP contribution >= 0.6 is 0 Å². The number of rotatable bonds is 7. The van der Waals surface area contributed by atoms with E-state index in [1.807, 2.05) is 0 Å². The van der Waals surface area contributed by atoms with E-state index in [2.05, 4.69) is 12.2 Å². The molecule has 0 bridgehead atoms. The lowest BCUT2D eigenvalue weighted by Crippen LogP contribution is -2.24. The summed E-state index contributed by atoms with van der Waals surface area (Å²) in [5.41, 5.74) is 0. The van der Waals surface area contributed by atoms with Crippen molar-refractivity contribution < 1.29 is 9.59 Å². The number of nitrogens with one attached hydrogen (secondary N) is 1. The van der Waals surface area contributed by atoms with Gasteiger partial charge in [-0.25, -0.2) is 0 Å². The van der Waals surface area contributed by atoms with E-state index >= 15 is 0 Å². The van der Waals surface area contributed by atoms with Crippen LogP contribution in [0, 0.1) is 0 Å². The molecule has 1 N–H and O–H groups in total. The molecule has 12 heavy (non-hydrogen) atoms. The van der Waals surface area contributed by atoms with Gasteiger partial charge in [0.15, 0.2) is 0 Å². The Labute approximate surface area is 73.5 Å². The summed E-state index contributed by atoms with van der Waals surface area (Å²) in [5.74, 6) is -0.165. The van der Waals surface area contributed by atoms with Crippen molar-refractivity contribution in [3.63, 3.8) is 0 Å². The molecule has 70 valence electrons. The highest BCUT2D eigenvalue weighted by Crippen LogP contribution is 1.96. The lowest BCUT2D eigenvalue weighted by molar-refractivity contribution is -0.123. The van der Waals surface area contributed by atoms with Crippen LogP contribution in [0.5, 0.6) is 0 Å². The minimum atomic E-state index is -0.165. The second-order valence-electron chi connectivity index (χ2n) is 2.78. The van der Waals surface area contributed by atoms with Gasteiger partial charge in [0.05, 0.1) is 6.42 Å². The van der Waals surface area contributed by atoms with Gasteiger partial charge >= 0.3 is 0 Å². The predicted octanol–water partition coefficient (Wildman–Crippen LogP) is 1.27. The maximum Gasteiger partial charge on any atom is 0.227 e. The van der Waals surface area contributed by atoms with Crippen LogP contribution in [0.1, 0.15) is 39.0 Å². The Morgan fingerprint density at radius 1 is 1.33 bits per heavy atom. The standard InChI is InChI=1S/C9H17NO2/c1-2-3-4-5-7-10-9(12)6-8-11/h8H,2-7H2,1H3,(H,10,12). The number of carbonyl (C=O) groups excluding carboxylic acids is 2. The first-order valence-corrected chi connectivity index (χ1v) is 4.51. The Kier molecular flexibility index (Phi) is 7.65. The summed E-state index contributed by atoms with van der Waals surface area (Å²) < 4.78 is 0. The normalized spacial score (nSPS) is 9.42. The van der Waals surface area contributed by atoms with Crippen molar-refractivity contribution in [1.82, 2.24) is 5.32 Å². The second kappa shape index (κ2) is 8.24. The van der Waals surface area contributed by atoms with Crippen LogP contribution in [-0.4, -0.2) is 18.7 Å². The summed E-state index contributed by atoms with van der Waals surface area (Å²) in [4.78, 5) is 20.6.